The van der Waals surface area contributed by atoms with Gasteiger partial charge in [0.05, 0.1) is 6.10 Å². The molecule has 1 rings (SSSR count). The minimum Gasteiger partial charge on any atom is -0.393 e. The van der Waals surface area contributed by atoms with Crippen LogP contribution in [0.2, 0.25) is 0 Å². The zero-order valence-corrected chi connectivity index (χ0v) is 12.2. The van der Waals surface area contributed by atoms with E-state index in [1.807, 2.05) is 20.8 Å². The number of aliphatic hydroxyl groups is 1. The summed E-state index contributed by atoms with van der Waals surface area (Å²) in [5.74, 6) is -0.440. The Morgan fingerprint density at radius 3 is 2.06 bits per heavy atom. The van der Waals surface area contributed by atoms with E-state index in [1.165, 1.54) is 0 Å². The predicted molar refractivity (Wildman–Crippen MR) is 71.1 cm³/mol. The van der Waals surface area contributed by atoms with Gasteiger partial charge in [-0.05, 0) is 19.8 Å². The van der Waals surface area contributed by atoms with Gasteiger partial charge in [0.1, 0.15) is 11.6 Å². The molecule has 1 aliphatic carbocycles. The van der Waals surface area contributed by atoms with Crippen LogP contribution in [0.1, 0.15) is 53.9 Å². The number of ketones is 2. The van der Waals surface area contributed by atoms with Crippen molar-refractivity contribution in [2.45, 2.75) is 60.0 Å². The van der Waals surface area contributed by atoms with Crippen LogP contribution in [0.5, 0.6) is 0 Å². The van der Waals surface area contributed by atoms with E-state index in [4.69, 9.17) is 0 Å². The summed E-state index contributed by atoms with van der Waals surface area (Å²) in [7, 11) is 0. The predicted octanol–water partition coefficient (Wildman–Crippen LogP) is 2.60. The first kappa shape index (κ1) is 15.4. The number of rotatable bonds is 4. The van der Waals surface area contributed by atoms with Crippen molar-refractivity contribution in [1.29, 1.82) is 0 Å². The van der Waals surface area contributed by atoms with Gasteiger partial charge in [-0.2, -0.15) is 0 Å². The highest BCUT2D eigenvalue weighted by molar-refractivity contribution is 5.93. The van der Waals surface area contributed by atoms with Crippen LogP contribution in [-0.4, -0.2) is 22.8 Å². The van der Waals surface area contributed by atoms with E-state index in [2.05, 4.69) is 0 Å². The summed E-state index contributed by atoms with van der Waals surface area (Å²) in [5.41, 5.74) is -0.387. The summed E-state index contributed by atoms with van der Waals surface area (Å²) in [4.78, 5) is 24.7. The Hall–Kier alpha value is -0.700. The molecule has 1 fully saturated rings. The Kier molecular flexibility index (Phi) is 4.71. The van der Waals surface area contributed by atoms with Crippen molar-refractivity contribution in [3.8, 4) is 0 Å². The zero-order valence-electron chi connectivity index (χ0n) is 12.2. The topological polar surface area (TPSA) is 54.4 Å². The van der Waals surface area contributed by atoms with Crippen LogP contribution in [0.3, 0.4) is 0 Å². The van der Waals surface area contributed by atoms with Crippen LogP contribution in [0.4, 0.5) is 0 Å². The van der Waals surface area contributed by atoms with Gasteiger partial charge >= 0.3 is 0 Å². The van der Waals surface area contributed by atoms with E-state index in [1.54, 1.807) is 13.8 Å². The van der Waals surface area contributed by atoms with Crippen molar-refractivity contribution in [3.05, 3.63) is 0 Å². The van der Waals surface area contributed by atoms with Crippen LogP contribution in [-0.2, 0) is 9.59 Å². The van der Waals surface area contributed by atoms with Crippen molar-refractivity contribution < 1.29 is 14.7 Å². The zero-order chi connectivity index (χ0) is 14.1. The maximum absolute atomic E-state index is 12.4. The summed E-state index contributed by atoms with van der Waals surface area (Å²) >= 11 is 0. The highest BCUT2D eigenvalue weighted by atomic mass is 16.3. The van der Waals surface area contributed by atoms with Gasteiger partial charge < -0.3 is 5.11 Å². The van der Waals surface area contributed by atoms with Crippen molar-refractivity contribution in [2.24, 2.45) is 23.2 Å². The van der Waals surface area contributed by atoms with Crippen LogP contribution < -0.4 is 0 Å². The molecule has 0 aromatic heterocycles. The Bertz CT molecular complexity index is 325. The average molecular weight is 254 g/mol. The first-order valence-electron chi connectivity index (χ1n) is 6.92. The maximum atomic E-state index is 12.4. The molecule has 0 saturated heterocycles. The molecule has 4 atom stereocenters. The molecule has 0 aromatic carbocycles. The molecular formula is C15H26O3. The molecule has 3 heteroatoms. The van der Waals surface area contributed by atoms with Crippen molar-refractivity contribution in [3.63, 3.8) is 0 Å². The molecule has 18 heavy (non-hydrogen) atoms. The minimum absolute atomic E-state index is 0.0603. The van der Waals surface area contributed by atoms with E-state index >= 15 is 0 Å². The van der Waals surface area contributed by atoms with E-state index < -0.39 is 6.10 Å². The summed E-state index contributed by atoms with van der Waals surface area (Å²) < 4.78 is 0. The highest BCUT2D eigenvalue weighted by Crippen LogP contribution is 2.39. The first-order valence-corrected chi connectivity index (χ1v) is 6.92. The summed E-state index contributed by atoms with van der Waals surface area (Å²) in [6.45, 7) is 9.12. The lowest BCUT2D eigenvalue weighted by Gasteiger charge is -2.27. The van der Waals surface area contributed by atoms with Crippen molar-refractivity contribution in [1.82, 2.24) is 0 Å². The third-order valence-corrected chi connectivity index (χ3v) is 4.13. The lowest BCUT2D eigenvalue weighted by atomic mass is 9.75. The summed E-state index contributed by atoms with van der Waals surface area (Å²) in [5, 5.41) is 9.53. The monoisotopic (exact) mass is 254 g/mol. The largest absolute Gasteiger partial charge is 0.393 e. The molecule has 0 spiro atoms. The second kappa shape index (κ2) is 5.52. The maximum Gasteiger partial charge on any atom is 0.142 e. The standard InChI is InChI=1S/C15H26O3/c1-9(10(2)16)13(17)11-7-6-8-12(11)14(18)15(3,4)5/h9-12,16H,6-8H2,1-5H3. The molecule has 0 heterocycles. The fourth-order valence-electron chi connectivity index (χ4n) is 2.75. The number of carbonyl (C=O) groups excluding carboxylic acids is 2. The van der Waals surface area contributed by atoms with Gasteiger partial charge in [0.2, 0.25) is 0 Å². The third-order valence-electron chi connectivity index (χ3n) is 4.13. The van der Waals surface area contributed by atoms with Crippen LogP contribution in [0.15, 0.2) is 0 Å². The van der Waals surface area contributed by atoms with E-state index in [0.717, 1.165) is 19.3 Å². The molecule has 0 amide bonds. The van der Waals surface area contributed by atoms with Crippen molar-refractivity contribution >= 4 is 11.6 Å². The lowest BCUT2D eigenvalue weighted by molar-refractivity contribution is -0.138. The number of carbonyl (C=O) groups is 2. The fourth-order valence-corrected chi connectivity index (χ4v) is 2.75. The molecule has 1 N–H and O–H groups in total. The van der Waals surface area contributed by atoms with Crippen LogP contribution in [0.25, 0.3) is 0 Å². The molecule has 3 nitrogen and oxygen atoms in total. The minimum atomic E-state index is -0.636. The SMILES string of the molecule is CC(O)C(C)C(=O)C1CCCC1C(=O)C(C)(C)C. The van der Waals surface area contributed by atoms with Gasteiger partial charge in [-0.15, -0.1) is 0 Å². The van der Waals surface area contributed by atoms with E-state index in [0.29, 0.717) is 0 Å². The van der Waals surface area contributed by atoms with E-state index in [9.17, 15) is 14.7 Å². The number of hydrogen-bond donors (Lipinski definition) is 1. The van der Waals surface area contributed by atoms with Crippen molar-refractivity contribution in [2.75, 3.05) is 0 Å². The Morgan fingerprint density at radius 1 is 1.11 bits per heavy atom. The van der Waals surface area contributed by atoms with E-state index in [-0.39, 0.29) is 34.7 Å². The second-order valence-corrected chi connectivity index (χ2v) is 6.69. The summed E-state index contributed by atoms with van der Waals surface area (Å²) in [6.07, 6.45) is 1.92. The smallest absolute Gasteiger partial charge is 0.142 e. The lowest BCUT2D eigenvalue weighted by Crippen LogP contribution is -2.37. The molecular weight excluding hydrogens is 228 g/mol. The molecule has 0 aliphatic heterocycles. The molecule has 0 radical (unpaired) electrons. The second-order valence-electron chi connectivity index (χ2n) is 6.69. The van der Waals surface area contributed by atoms with Gasteiger partial charge in [0.25, 0.3) is 0 Å². The third kappa shape index (κ3) is 3.19. The van der Waals surface area contributed by atoms with Gasteiger partial charge in [-0.3, -0.25) is 9.59 Å². The molecule has 1 saturated carbocycles. The molecule has 0 aromatic rings. The van der Waals surface area contributed by atoms with Crippen LogP contribution >= 0.6 is 0 Å². The quantitative estimate of drug-likeness (QED) is 0.839. The van der Waals surface area contributed by atoms with Crippen LogP contribution in [0, 0.1) is 23.2 Å². The van der Waals surface area contributed by atoms with Gasteiger partial charge in [-0.1, -0.05) is 34.1 Å². The van der Waals surface area contributed by atoms with Gasteiger partial charge in [0, 0.05) is 23.2 Å². The average Bonchev–Trinajstić information content (AvgIpc) is 2.73. The summed E-state index contributed by atoms with van der Waals surface area (Å²) in [6, 6.07) is 0. The highest BCUT2D eigenvalue weighted by Gasteiger charge is 2.42. The number of Topliss-reactive ketones (excluding diaryl/α,β-unsaturated/α-hetero) is 2. The number of aliphatic hydroxyl groups excluding tert-OH is 1. The Balaban J connectivity index is 2.83. The van der Waals surface area contributed by atoms with Gasteiger partial charge in [0.15, 0.2) is 0 Å². The Labute approximate surface area is 110 Å². The Morgan fingerprint density at radius 2 is 1.61 bits per heavy atom. The normalized spacial score (nSPS) is 27.9. The van der Waals surface area contributed by atoms with Gasteiger partial charge in [-0.25, -0.2) is 0 Å². The molecule has 4 unspecified atom stereocenters. The molecule has 104 valence electrons. The first-order chi connectivity index (χ1) is 8.16. The molecule has 1 aliphatic rings. The fraction of sp³-hybridized carbons (Fsp3) is 0.867. The number of hydrogen-bond acceptors (Lipinski definition) is 3. The molecule has 0 bridgehead atoms.